The van der Waals surface area contributed by atoms with E-state index in [1.54, 1.807) is 0 Å². The van der Waals surface area contributed by atoms with E-state index >= 15 is 0 Å². The summed E-state index contributed by atoms with van der Waals surface area (Å²) in [7, 11) is 0. The van der Waals surface area contributed by atoms with E-state index in [2.05, 4.69) is 31.2 Å². The fourth-order valence-electron chi connectivity index (χ4n) is 2.45. The van der Waals surface area contributed by atoms with Crippen LogP contribution in [-0.2, 0) is 11.8 Å². The second kappa shape index (κ2) is 6.58. The predicted molar refractivity (Wildman–Crippen MR) is 82.2 cm³/mol. The van der Waals surface area contributed by atoms with Gasteiger partial charge in [0.15, 0.2) is 0 Å². The van der Waals surface area contributed by atoms with Crippen LogP contribution in [0, 0.1) is 0 Å². The summed E-state index contributed by atoms with van der Waals surface area (Å²) in [6.07, 6.45) is 0.786. The van der Waals surface area contributed by atoms with Gasteiger partial charge in [0, 0.05) is 5.41 Å². The molecule has 1 unspecified atom stereocenters. The molecule has 0 amide bonds. The maximum absolute atomic E-state index is 9.84. The van der Waals surface area contributed by atoms with Crippen molar-refractivity contribution in [1.29, 1.82) is 0 Å². The Hall–Kier alpha value is -1.80. The molecule has 2 aromatic carbocycles. The molecule has 2 heteroatoms. The Balaban J connectivity index is 2.24. The van der Waals surface area contributed by atoms with Crippen molar-refractivity contribution < 1.29 is 9.84 Å². The molecule has 0 aliphatic heterocycles. The zero-order chi connectivity index (χ0) is 14.4. The van der Waals surface area contributed by atoms with Gasteiger partial charge in [-0.15, -0.1) is 0 Å². The van der Waals surface area contributed by atoms with Gasteiger partial charge >= 0.3 is 0 Å². The first-order chi connectivity index (χ1) is 9.68. The highest BCUT2D eigenvalue weighted by Crippen LogP contribution is 2.28. The molecule has 0 spiro atoms. The average molecular weight is 270 g/mol. The summed E-state index contributed by atoms with van der Waals surface area (Å²) in [6, 6.07) is 18.3. The minimum absolute atomic E-state index is 0.121. The number of hydrogen-bond donors (Lipinski definition) is 1. The molecule has 0 heterocycles. The molecule has 2 rings (SSSR count). The summed E-state index contributed by atoms with van der Waals surface area (Å²) >= 11 is 0. The first-order valence-corrected chi connectivity index (χ1v) is 7.06. The Kier molecular flexibility index (Phi) is 4.80. The van der Waals surface area contributed by atoms with Gasteiger partial charge in [-0.1, -0.05) is 49.4 Å². The molecule has 106 valence electrons. The van der Waals surface area contributed by atoms with Crippen molar-refractivity contribution in [2.45, 2.75) is 25.7 Å². The van der Waals surface area contributed by atoms with Crippen molar-refractivity contribution in [3.05, 3.63) is 65.7 Å². The minimum atomic E-state index is -0.272. The topological polar surface area (TPSA) is 29.5 Å². The first kappa shape index (κ1) is 14.6. The van der Waals surface area contributed by atoms with Crippen molar-refractivity contribution in [3.8, 4) is 5.75 Å². The molecule has 0 aliphatic rings. The van der Waals surface area contributed by atoms with E-state index < -0.39 is 0 Å². The van der Waals surface area contributed by atoms with E-state index in [0.29, 0.717) is 6.61 Å². The summed E-state index contributed by atoms with van der Waals surface area (Å²) in [5.41, 5.74) is 2.06. The summed E-state index contributed by atoms with van der Waals surface area (Å²) < 4.78 is 5.54. The van der Waals surface area contributed by atoms with Crippen LogP contribution in [-0.4, -0.2) is 18.3 Å². The SMILES string of the molecule is CCOc1cccc(CC(C)(CO)c2ccccc2)c1. The number of aliphatic hydroxyl groups is 1. The molecule has 0 aliphatic carbocycles. The van der Waals surface area contributed by atoms with Crippen molar-refractivity contribution in [3.63, 3.8) is 0 Å². The van der Waals surface area contributed by atoms with Gasteiger partial charge in [-0.2, -0.15) is 0 Å². The Bertz CT molecular complexity index is 536. The molecule has 0 aromatic heterocycles. The highest BCUT2D eigenvalue weighted by atomic mass is 16.5. The summed E-state index contributed by atoms with van der Waals surface area (Å²) in [6.45, 7) is 4.86. The second-order valence-electron chi connectivity index (χ2n) is 5.34. The number of benzene rings is 2. The molecule has 20 heavy (non-hydrogen) atoms. The number of hydrogen-bond acceptors (Lipinski definition) is 2. The van der Waals surface area contributed by atoms with Crippen LogP contribution in [0.3, 0.4) is 0 Å². The van der Waals surface area contributed by atoms with Crippen molar-refractivity contribution in [1.82, 2.24) is 0 Å². The van der Waals surface area contributed by atoms with Crippen LogP contribution in [0.1, 0.15) is 25.0 Å². The third-order valence-electron chi connectivity index (χ3n) is 3.62. The minimum Gasteiger partial charge on any atom is -0.494 e. The summed E-state index contributed by atoms with van der Waals surface area (Å²) in [5.74, 6) is 0.887. The maximum Gasteiger partial charge on any atom is 0.119 e. The van der Waals surface area contributed by atoms with Gasteiger partial charge in [-0.25, -0.2) is 0 Å². The smallest absolute Gasteiger partial charge is 0.119 e. The largest absolute Gasteiger partial charge is 0.494 e. The summed E-state index contributed by atoms with van der Waals surface area (Å²) in [5, 5.41) is 9.84. The highest BCUT2D eigenvalue weighted by molar-refractivity contribution is 5.33. The molecule has 2 nitrogen and oxygen atoms in total. The van der Waals surface area contributed by atoms with Gasteiger partial charge in [0.2, 0.25) is 0 Å². The number of aliphatic hydroxyl groups excluding tert-OH is 1. The van der Waals surface area contributed by atoms with Crippen LogP contribution in [0.25, 0.3) is 0 Å². The lowest BCUT2D eigenvalue weighted by Gasteiger charge is -2.28. The van der Waals surface area contributed by atoms with Gasteiger partial charge in [-0.3, -0.25) is 0 Å². The molecule has 0 saturated carbocycles. The van der Waals surface area contributed by atoms with E-state index in [4.69, 9.17) is 4.74 Å². The van der Waals surface area contributed by atoms with Crippen molar-refractivity contribution in [2.24, 2.45) is 0 Å². The standard InChI is InChI=1S/C18H22O2/c1-3-20-17-11-7-8-15(12-17)13-18(2,14-19)16-9-5-4-6-10-16/h4-12,19H,3,13-14H2,1-2H3. The van der Waals surface area contributed by atoms with E-state index in [-0.39, 0.29) is 12.0 Å². The first-order valence-electron chi connectivity index (χ1n) is 7.06. The second-order valence-corrected chi connectivity index (χ2v) is 5.34. The Morgan fingerprint density at radius 2 is 1.80 bits per heavy atom. The molecular formula is C18H22O2. The Morgan fingerprint density at radius 1 is 1.05 bits per heavy atom. The third kappa shape index (κ3) is 3.40. The molecule has 0 fully saturated rings. The van der Waals surface area contributed by atoms with Crippen LogP contribution < -0.4 is 4.74 Å². The van der Waals surface area contributed by atoms with Crippen LogP contribution in [0.4, 0.5) is 0 Å². The quantitative estimate of drug-likeness (QED) is 0.869. The molecule has 2 aromatic rings. The molecular weight excluding hydrogens is 248 g/mol. The Morgan fingerprint density at radius 3 is 2.45 bits per heavy atom. The normalized spacial score (nSPS) is 13.8. The lowest BCUT2D eigenvalue weighted by atomic mass is 9.78. The zero-order valence-electron chi connectivity index (χ0n) is 12.2. The van der Waals surface area contributed by atoms with Crippen molar-refractivity contribution in [2.75, 3.05) is 13.2 Å². The number of rotatable bonds is 6. The van der Waals surface area contributed by atoms with Gasteiger partial charge in [0.25, 0.3) is 0 Å². The van der Waals surface area contributed by atoms with Crippen molar-refractivity contribution >= 4 is 0 Å². The molecule has 1 atom stereocenters. The zero-order valence-corrected chi connectivity index (χ0v) is 12.2. The van der Waals surface area contributed by atoms with Crippen LogP contribution in [0.2, 0.25) is 0 Å². The molecule has 0 radical (unpaired) electrons. The van der Waals surface area contributed by atoms with E-state index in [1.165, 1.54) is 5.56 Å². The predicted octanol–water partition coefficient (Wildman–Crippen LogP) is 3.58. The van der Waals surface area contributed by atoms with E-state index in [0.717, 1.165) is 17.7 Å². The van der Waals surface area contributed by atoms with Crippen LogP contribution in [0.15, 0.2) is 54.6 Å². The van der Waals surface area contributed by atoms with Gasteiger partial charge in [0.05, 0.1) is 13.2 Å². The molecule has 0 saturated heterocycles. The van der Waals surface area contributed by atoms with Crippen LogP contribution in [0.5, 0.6) is 5.75 Å². The number of ether oxygens (including phenoxy) is 1. The highest BCUT2D eigenvalue weighted by Gasteiger charge is 2.26. The van der Waals surface area contributed by atoms with Gasteiger partial charge in [-0.05, 0) is 36.6 Å². The maximum atomic E-state index is 9.84. The van der Waals surface area contributed by atoms with Crippen LogP contribution >= 0.6 is 0 Å². The third-order valence-corrected chi connectivity index (χ3v) is 3.62. The van der Waals surface area contributed by atoms with Gasteiger partial charge in [0.1, 0.15) is 5.75 Å². The fourth-order valence-corrected chi connectivity index (χ4v) is 2.45. The Labute approximate surface area is 121 Å². The van der Waals surface area contributed by atoms with Gasteiger partial charge < -0.3 is 9.84 Å². The van der Waals surface area contributed by atoms with E-state index in [9.17, 15) is 5.11 Å². The molecule has 0 bridgehead atoms. The summed E-state index contributed by atoms with van der Waals surface area (Å²) in [4.78, 5) is 0. The monoisotopic (exact) mass is 270 g/mol. The van der Waals surface area contributed by atoms with E-state index in [1.807, 2.05) is 37.3 Å². The molecule has 1 N–H and O–H groups in total. The lowest BCUT2D eigenvalue weighted by Crippen LogP contribution is -2.29. The average Bonchev–Trinajstić information content (AvgIpc) is 2.49. The lowest BCUT2D eigenvalue weighted by molar-refractivity contribution is 0.204. The fraction of sp³-hybridized carbons (Fsp3) is 0.333.